The number of nitrogens with zero attached hydrogens (tertiary/aromatic N) is 4. The fourth-order valence-electron chi connectivity index (χ4n) is 4.01. The van der Waals surface area contributed by atoms with Gasteiger partial charge in [-0.2, -0.15) is 10.1 Å². The quantitative estimate of drug-likeness (QED) is 0.615. The average molecular weight is 365 g/mol. The van der Waals surface area contributed by atoms with Gasteiger partial charge in [-0.15, -0.1) is 5.10 Å². The summed E-state index contributed by atoms with van der Waals surface area (Å²) < 4.78 is 1.88. The molecule has 2 aliphatic carbocycles. The molecule has 0 amide bonds. The minimum atomic E-state index is 0.485. The first kappa shape index (κ1) is 16.6. The number of fused-ring (bicyclic) bond motifs is 1. The smallest absolute Gasteiger partial charge is 0.248 e. The average Bonchev–Trinajstić information content (AvgIpc) is 3.19. The number of anilines is 3. The number of nitrogens with one attached hydrogen (secondary N) is 3. The Hall–Kier alpha value is -2.57. The highest BCUT2D eigenvalue weighted by Gasteiger charge is 2.25. The SMILES string of the molecule is c1cc2c(NC3CCCCCCC3)nc(Nc3cc(C4CC4)[nH]n3)nn2c1. The third-order valence-electron chi connectivity index (χ3n) is 5.69. The van der Waals surface area contributed by atoms with Crippen molar-refractivity contribution in [2.75, 3.05) is 10.6 Å². The predicted molar refractivity (Wildman–Crippen MR) is 107 cm³/mol. The van der Waals surface area contributed by atoms with Crippen LogP contribution < -0.4 is 10.6 Å². The maximum absolute atomic E-state index is 4.78. The normalized spacial score (nSPS) is 19.0. The number of hydrogen-bond acceptors (Lipinski definition) is 5. The standard InChI is InChI=1S/C20H27N7/c1-2-4-7-15(8-5-3-1)21-19-17-9-6-12-27(17)26-20(23-19)22-18-13-16(24-25-18)14-10-11-14/h6,9,12-15H,1-5,7-8,10-11H2,(H3,21,22,23,24,25,26). The summed E-state index contributed by atoms with van der Waals surface area (Å²) in [5, 5.41) is 19.0. The molecule has 3 N–H and O–H groups in total. The Labute approximate surface area is 159 Å². The number of aromatic nitrogens is 5. The van der Waals surface area contributed by atoms with E-state index in [0.29, 0.717) is 17.9 Å². The molecule has 5 rings (SSSR count). The molecule has 0 aromatic carbocycles. The van der Waals surface area contributed by atoms with Crippen molar-refractivity contribution in [3.8, 4) is 0 Å². The van der Waals surface area contributed by atoms with Crippen molar-refractivity contribution in [3.63, 3.8) is 0 Å². The van der Waals surface area contributed by atoms with Gasteiger partial charge in [0.15, 0.2) is 11.6 Å². The minimum absolute atomic E-state index is 0.485. The third-order valence-corrected chi connectivity index (χ3v) is 5.69. The maximum Gasteiger partial charge on any atom is 0.248 e. The van der Waals surface area contributed by atoms with E-state index in [1.807, 2.05) is 16.8 Å². The summed E-state index contributed by atoms with van der Waals surface area (Å²) in [4.78, 5) is 4.78. The largest absolute Gasteiger partial charge is 0.365 e. The van der Waals surface area contributed by atoms with Crippen molar-refractivity contribution in [1.29, 1.82) is 0 Å². The summed E-state index contributed by atoms with van der Waals surface area (Å²) in [7, 11) is 0. The molecule has 7 nitrogen and oxygen atoms in total. The van der Waals surface area contributed by atoms with E-state index in [9.17, 15) is 0 Å². The number of rotatable bonds is 5. The number of hydrogen-bond donors (Lipinski definition) is 3. The van der Waals surface area contributed by atoms with Crippen LogP contribution in [0, 0.1) is 0 Å². The summed E-state index contributed by atoms with van der Waals surface area (Å²) >= 11 is 0. The molecule has 0 saturated heterocycles. The summed E-state index contributed by atoms with van der Waals surface area (Å²) in [6.45, 7) is 0. The van der Waals surface area contributed by atoms with E-state index in [4.69, 9.17) is 4.98 Å². The van der Waals surface area contributed by atoms with Crippen LogP contribution in [0.2, 0.25) is 0 Å². The van der Waals surface area contributed by atoms with Crippen molar-refractivity contribution < 1.29 is 0 Å². The lowest BCUT2D eigenvalue weighted by molar-refractivity contribution is 0.471. The van der Waals surface area contributed by atoms with Crippen molar-refractivity contribution in [2.45, 2.75) is 69.7 Å². The van der Waals surface area contributed by atoms with Crippen molar-refractivity contribution in [3.05, 3.63) is 30.1 Å². The first-order valence-electron chi connectivity index (χ1n) is 10.3. The molecule has 27 heavy (non-hydrogen) atoms. The van der Waals surface area contributed by atoms with Crippen LogP contribution >= 0.6 is 0 Å². The highest BCUT2D eigenvalue weighted by Crippen LogP contribution is 2.39. The van der Waals surface area contributed by atoms with Gasteiger partial charge >= 0.3 is 0 Å². The zero-order valence-corrected chi connectivity index (χ0v) is 15.6. The Morgan fingerprint density at radius 1 is 1.04 bits per heavy atom. The van der Waals surface area contributed by atoms with Crippen LogP contribution in [0.25, 0.3) is 5.52 Å². The summed E-state index contributed by atoms with van der Waals surface area (Å²) in [6.07, 6.45) is 13.6. The maximum atomic E-state index is 4.78. The molecule has 0 spiro atoms. The van der Waals surface area contributed by atoms with Crippen molar-refractivity contribution in [1.82, 2.24) is 24.8 Å². The van der Waals surface area contributed by atoms with Gasteiger partial charge < -0.3 is 10.6 Å². The summed E-state index contributed by atoms with van der Waals surface area (Å²) in [5.74, 6) is 2.90. The van der Waals surface area contributed by atoms with E-state index in [0.717, 1.165) is 17.2 Å². The number of H-pyrrole nitrogens is 1. The second-order valence-corrected chi connectivity index (χ2v) is 7.92. The van der Waals surface area contributed by atoms with Gasteiger partial charge in [-0.1, -0.05) is 32.1 Å². The Bertz CT molecular complexity index is 900. The van der Waals surface area contributed by atoms with E-state index in [1.165, 1.54) is 63.5 Å². The van der Waals surface area contributed by atoms with Gasteiger partial charge in [0.05, 0.1) is 0 Å². The van der Waals surface area contributed by atoms with Gasteiger partial charge in [-0.25, -0.2) is 4.52 Å². The van der Waals surface area contributed by atoms with Crippen molar-refractivity contribution in [2.24, 2.45) is 0 Å². The molecule has 3 aromatic heterocycles. The van der Waals surface area contributed by atoms with Gasteiger partial charge in [0.2, 0.25) is 5.95 Å². The predicted octanol–water partition coefficient (Wildman–Crippen LogP) is 4.60. The highest BCUT2D eigenvalue weighted by molar-refractivity contribution is 5.69. The second kappa shape index (κ2) is 7.21. The van der Waals surface area contributed by atoms with Gasteiger partial charge in [0.1, 0.15) is 5.52 Å². The first-order valence-corrected chi connectivity index (χ1v) is 10.3. The van der Waals surface area contributed by atoms with E-state index in [2.05, 4.69) is 38.1 Å². The van der Waals surface area contributed by atoms with Crippen molar-refractivity contribution >= 4 is 23.1 Å². The van der Waals surface area contributed by atoms with Crippen LogP contribution in [0.1, 0.15) is 69.4 Å². The molecule has 0 aliphatic heterocycles. The molecule has 0 bridgehead atoms. The van der Waals surface area contributed by atoms with Crippen LogP contribution in [-0.4, -0.2) is 30.8 Å². The lowest BCUT2D eigenvalue weighted by Crippen LogP contribution is -2.22. The van der Waals surface area contributed by atoms with Crippen LogP contribution in [0.15, 0.2) is 24.4 Å². The Morgan fingerprint density at radius 2 is 1.85 bits per heavy atom. The molecular weight excluding hydrogens is 338 g/mol. The summed E-state index contributed by atoms with van der Waals surface area (Å²) in [6, 6.07) is 6.63. The van der Waals surface area contributed by atoms with Crippen LogP contribution in [0.4, 0.5) is 17.6 Å². The van der Waals surface area contributed by atoms with Gasteiger partial charge in [-0.05, 0) is 37.8 Å². The molecule has 2 fully saturated rings. The zero-order chi connectivity index (χ0) is 18.1. The molecule has 3 heterocycles. The molecule has 0 unspecified atom stereocenters. The van der Waals surface area contributed by atoms with E-state index in [1.54, 1.807) is 0 Å². The molecule has 3 aromatic rings. The Kier molecular flexibility index (Phi) is 4.43. The Balaban J connectivity index is 1.38. The molecule has 0 atom stereocenters. The van der Waals surface area contributed by atoms with Crippen LogP contribution in [-0.2, 0) is 0 Å². The van der Waals surface area contributed by atoms with Gasteiger partial charge in [-0.3, -0.25) is 5.10 Å². The number of aromatic amines is 1. The van der Waals surface area contributed by atoms with Crippen LogP contribution in [0.3, 0.4) is 0 Å². The molecular formula is C20H27N7. The lowest BCUT2D eigenvalue weighted by atomic mass is 9.97. The minimum Gasteiger partial charge on any atom is -0.365 e. The second-order valence-electron chi connectivity index (χ2n) is 7.92. The zero-order valence-electron chi connectivity index (χ0n) is 15.6. The molecule has 2 aliphatic rings. The summed E-state index contributed by atoms with van der Waals surface area (Å²) in [5.41, 5.74) is 2.22. The molecule has 0 radical (unpaired) electrons. The van der Waals surface area contributed by atoms with Gasteiger partial charge in [0.25, 0.3) is 0 Å². The molecule has 2 saturated carbocycles. The fraction of sp³-hybridized carbons (Fsp3) is 0.550. The van der Waals surface area contributed by atoms with Crippen LogP contribution in [0.5, 0.6) is 0 Å². The fourth-order valence-corrected chi connectivity index (χ4v) is 4.01. The van der Waals surface area contributed by atoms with E-state index in [-0.39, 0.29) is 0 Å². The Morgan fingerprint density at radius 3 is 2.67 bits per heavy atom. The third kappa shape index (κ3) is 3.77. The molecule has 142 valence electrons. The monoisotopic (exact) mass is 365 g/mol. The molecule has 7 heteroatoms. The lowest BCUT2D eigenvalue weighted by Gasteiger charge is -2.22. The topological polar surface area (TPSA) is 82.9 Å². The van der Waals surface area contributed by atoms with Gasteiger partial charge in [0, 0.05) is 29.9 Å². The van der Waals surface area contributed by atoms with E-state index < -0.39 is 0 Å². The van der Waals surface area contributed by atoms with E-state index >= 15 is 0 Å². The first-order chi connectivity index (χ1) is 13.3. The highest BCUT2D eigenvalue weighted by atomic mass is 15.3.